The summed E-state index contributed by atoms with van der Waals surface area (Å²) >= 11 is 0. The van der Waals surface area contributed by atoms with Crippen LogP contribution in [0.1, 0.15) is 32.1 Å². The van der Waals surface area contributed by atoms with Gasteiger partial charge >= 0.3 is 11.9 Å². The molecule has 0 spiro atoms. The molecule has 1 saturated carbocycles. The molecular weight excluding hydrogens is 430 g/mol. The lowest BCUT2D eigenvalue weighted by Crippen LogP contribution is -2.50. The molecule has 0 aromatic carbocycles. The van der Waals surface area contributed by atoms with E-state index in [0.717, 1.165) is 32.0 Å². The van der Waals surface area contributed by atoms with E-state index in [1.165, 1.54) is 6.42 Å². The quantitative estimate of drug-likeness (QED) is 0.362. The Morgan fingerprint density at radius 2 is 1.12 bits per heavy atom. The summed E-state index contributed by atoms with van der Waals surface area (Å²) in [4.78, 5) is 53.9. The number of carbonyl (C=O) groups is 4. The Hall–Kier alpha value is -2.08. The number of amides is 1. The van der Waals surface area contributed by atoms with Crippen molar-refractivity contribution < 1.29 is 29.4 Å². The molecule has 11 nitrogen and oxygen atoms in total. The number of carbonyl (C=O) groups excluding carboxylic acids is 2. The molecule has 1 heterocycles. The lowest BCUT2D eigenvalue weighted by molar-refractivity contribution is -0.140. The zero-order valence-electron chi connectivity index (χ0n) is 19.5. The zero-order valence-corrected chi connectivity index (χ0v) is 19.5. The Kier molecular flexibility index (Phi) is 12.3. The van der Waals surface area contributed by atoms with Crippen molar-refractivity contribution in [2.75, 3.05) is 78.5 Å². The molecule has 1 aliphatic carbocycles. The van der Waals surface area contributed by atoms with Crippen molar-refractivity contribution in [3.8, 4) is 0 Å². The number of aldehydes is 1. The summed E-state index contributed by atoms with van der Waals surface area (Å²) in [6.07, 6.45) is 6.35. The van der Waals surface area contributed by atoms with E-state index in [1.807, 2.05) is 9.80 Å². The fourth-order valence-electron chi connectivity index (χ4n) is 4.45. The van der Waals surface area contributed by atoms with Crippen LogP contribution in [0.15, 0.2) is 0 Å². The summed E-state index contributed by atoms with van der Waals surface area (Å²) in [7, 11) is 0. The van der Waals surface area contributed by atoms with Gasteiger partial charge in [-0.15, -0.1) is 0 Å². The van der Waals surface area contributed by atoms with Crippen LogP contribution in [0.4, 0.5) is 0 Å². The molecule has 0 aromatic rings. The molecule has 0 bridgehead atoms. The molecule has 2 fully saturated rings. The van der Waals surface area contributed by atoms with Crippen LogP contribution in [0.25, 0.3) is 0 Å². The molecule has 0 unspecified atom stereocenters. The van der Waals surface area contributed by atoms with Crippen LogP contribution in [0.3, 0.4) is 0 Å². The lowest BCUT2D eigenvalue weighted by atomic mass is 9.95. The molecule has 188 valence electrons. The van der Waals surface area contributed by atoms with Crippen molar-refractivity contribution in [1.29, 1.82) is 0 Å². The van der Waals surface area contributed by atoms with E-state index in [9.17, 15) is 29.4 Å². The predicted molar refractivity (Wildman–Crippen MR) is 122 cm³/mol. The largest absolute Gasteiger partial charge is 0.480 e. The van der Waals surface area contributed by atoms with Crippen LogP contribution in [0.5, 0.6) is 0 Å². The maximum Gasteiger partial charge on any atom is 0.317 e. The normalized spacial score (nSPS) is 21.6. The van der Waals surface area contributed by atoms with Gasteiger partial charge in [-0.1, -0.05) is 19.3 Å². The molecule has 33 heavy (non-hydrogen) atoms. The standard InChI is InChI=1S/C22H39N5O6/c28-15-14-24-6-8-25(16-20(29)23-19-4-2-1-3-5-19)10-11-27(18-22(32)33)13-12-26(9-7-24)17-21(30)31/h15,19H,1-14,16-18H2,(H,23,29)(H,30,31)(H,32,33). The molecule has 0 atom stereocenters. The number of nitrogens with zero attached hydrogens (tertiary/aromatic N) is 4. The molecule has 2 aliphatic rings. The van der Waals surface area contributed by atoms with Gasteiger partial charge in [0.2, 0.25) is 5.91 Å². The number of aliphatic carboxylic acids is 2. The van der Waals surface area contributed by atoms with E-state index in [4.69, 9.17) is 0 Å². The molecule has 1 saturated heterocycles. The molecule has 1 aliphatic heterocycles. The van der Waals surface area contributed by atoms with Crippen LogP contribution in [-0.2, 0) is 19.2 Å². The van der Waals surface area contributed by atoms with Crippen molar-refractivity contribution in [1.82, 2.24) is 24.9 Å². The molecule has 1 amide bonds. The third-order valence-electron chi connectivity index (χ3n) is 6.32. The highest BCUT2D eigenvalue weighted by atomic mass is 16.4. The van der Waals surface area contributed by atoms with E-state index in [1.54, 1.807) is 9.80 Å². The molecule has 11 heteroatoms. The minimum absolute atomic E-state index is 0.0200. The Morgan fingerprint density at radius 3 is 1.55 bits per heavy atom. The van der Waals surface area contributed by atoms with Crippen LogP contribution in [0, 0.1) is 0 Å². The van der Waals surface area contributed by atoms with Crippen molar-refractivity contribution in [2.45, 2.75) is 38.1 Å². The van der Waals surface area contributed by atoms with Crippen LogP contribution in [-0.4, -0.2) is 139 Å². The van der Waals surface area contributed by atoms with Gasteiger partial charge in [-0.25, -0.2) is 0 Å². The van der Waals surface area contributed by atoms with E-state index >= 15 is 0 Å². The van der Waals surface area contributed by atoms with Crippen molar-refractivity contribution in [2.24, 2.45) is 0 Å². The van der Waals surface area contributed by atoms with Gasteiger partial charge in [-0.05, 0) is 12.8 Å². The van der Waals surface area contributed by atoms with Crippen molar-refractivity contribution in [3.63, 3.8) is 0 Å². The van der Waals surface area contributed by atoms with Gasteiger partial charge in [0.1, 0.15) is 6.29 Å². The summed E-state index contributed by atoms with van der Waals surface area (Å²) < 4.78 is 0. The van der Waals surface area contributed by atoms with E-state index in [2.05, 4.69) is 5.32 Å². The van der Waals surface area contributed by atoms with Gasteiger partial charge in [-0.3, -0.25) is 34.0 Å². The monoisotopic (exact) mass is 469 g/mol. The first-order valence-corrected chi connectivity index (χ1v) is 11.9. The van der Waals surface area contributed by atoms with E-state index < -0.39 is 11.9 Å². The Bertz CT molecular complexity index is 643. The third kappa shape index (κ3) is 11.6. The maximum atomic E-state index is 12.7. The number of carboxylic acids is 2. The fraction of sp³-hybridized carbons (Fsp3) is 0.818. The highest BCUT2D eigenvalue weighted by Gasteiger charge is 2.21. The molecular formula is C22H39N5O6. The van der Waals surface area contributed by atoms with Crippen LogP contribution >= 0.6 is 0 Å². The Morgan fingerprint density at radius 1 is 0.697 bits per heavy atom. The van der Waals surface area contributed by atoms with Gasteiger partial charge in [0.15, 0.2) is 0 Å². The summed E-state index contributed by atoms with van der Waals surface area (Å²) in [6, 6.07) is 0.231. The van der Waals surface area contributed by atoms with Crippen LogP contribution < -0.4 is 5.32 Å². The van der Waals surface area contributed by atoms with Gasteiger partial charge < -0.3 is 20.3 Å². The first-order chi connectivity index (χ1) is 15.9. The van der Waals surface area contributed by atoms with Crippen molar-refractivity contribution in [3.05, 3.63) is 0 Å². The minimum Gasteiger partial charge on any atom is -0.480 e. The number of carboxylic acid groups (broad SMARTS) is 2. The second kappa shape index (κ2) is 14.9. The number of hydrogen-bond acceptors (Lipinski definition) is 8. The second-order valence-corrected chi connectivity index (χ2v) is 8.99. The highest BCUT2D eigenvalue weighted by molar-refractivity contribution is 5.78. The Labute approximate surface area is 195 Å². The van der Waals surface area contributed by atoms with Gasteiger partial charge in [0.05, 0.1) is 26.2 Å². The fourth-order valence-corrected chi connectivity index (χ4v) is 4.45. The Balaban J connectivity index is 2.03. The average Bonchev–Trinajstić information content (AvgIpc) is 2.75. The van der Waals surface area contributed by atoms with Gasteiger partial charge in [0, 0.05) is 58.4 Å². The van der Waals surface area contributed by atoms with Crippen LogP contribution in [0.2, 0.25) is 0 Å². The zero-order chi connectivity index (χ0) is 24.1. The summed E-state index contributed by atoms with van der Waals surface area (Å²) in [6.45, 7) is 4.11. The maximum absolute atomic E-state index is 12.7. The number of rotatable bonds is 9. The SMILES string of the molecule is O=CCN1CCN(CC(=O)O)CCN(CC(=O)O)CCN(CC(=O)NC2CCCCC2)CC1. The average molecular weight is 470 g/mol. The molecule has 3 N–H and O–H groups in total. The lowest BCUT2D eigenvalue weighted by Gasteiger charge is -2.33. The molecule has 0 radical (unpaired) electrons. The number of hydrogen-bond donors (Lipinski definition) is 3. The smallest absolute Gasteiger partial charge is 0.317 e. The first-order valence-electron chi connectivity index (χ1n) is 11.9. The summed E-state index contributed by atoms with van der Waals surface area (Å²) in [5, 5.41) is 21.6. The van der Waals surface area contributed by atoms with Gasteiger partial charge in [-0.2, -0.15) is 0 Å². The minimum atomic E-state index is -0.941. The number of nitrogens with one attached hydrogen (secondary N) is 1. The highest BCUT2D eigenvalue weighted by Crippen LogP contribution is 2.17. The van der Waals surface area contributed by atoms with E-state index in [0.29, 0.717) is 52.4 Å². The summed E-state index contributed by atoms with van der Waals surface area (Å²) in [5.41, 5.74) is 0. The molecule has 0 aromatic heterocycles. The van der Waals surface area contributed by atoms with Gasteiger partial charge in [0.25, 0.3) is 0 Å². The van der Waals surface area contributed by atoms with E-state index in [-0.39, 0.29) is 38.1 Å². The first kappa shape index (κ1) is 27.2. The third-order valence-corrected chi connectivity index (χ3v) is 6.32. The van der Waals surface area contributed by atoms with Crippen molar-refractivity contribution >= 4 is 24.1 Å². The molecule has 2 rings (SSSR count). The summed E-state index contributed by atoms with van der Waals surface area (Å²) in [5.74, 6) is -1.90. The topological polar surface area (TPSA) is 134 Å². The second-order valence-electron chi connectivity index (χ2n) is 8.99. The predicted octanol–water partition coefficient (Wildman–Crippen LogP) is -0.975.